The van der Waals surface area contributed by atoms with Crippen molar-refractivity contribution in [3.8, 4) is 0 Å². The average Bonchev–Trinajstić information content (AvgIpc) is 2.96. The molecule has 2 heterocycles. The SMILES string of the molecule is CCNCC1CCCN1Cc1c(Br)c(C)nn1CC. The third kappa shape index (κ3) is 3.38. The van der Waals surface area contributed by atoms with Gasteiger partial charge in [0.2, 0.25) is 0 Å². The number of hydrogen-bond acceptors (Lipinski definition) is 3. The molecule has 0 spiro atoms. The van der Waals surface area contributed by atoms with Gasteiger partial charge in [0.15, 0.2) is 0 Å². The molecule has 1 fully saturated rings. The molecule has 2 rings (SSSR count). The fraction of sp³-hybridized carbons (Fsp3) is 0.786. The summed E-state index contributed by atoms with van der Waals surface area (Å²) in [5, 5.41) is 8.06. The standard InChI is InChI=1S/C14H25BrN4/c1-4-16-9-12-7-6-8-18(12)10-13-14(15)11(3)17-19(13)5-2/h12,16H,4-10H2,1-3H3. The van der Waals surface area contributed by atoms with E-state index in [0.717, 1.165) is 31.9 Å². The fourth-order valence-corrected chi connectivity index (χ4v) is 3.27. The van der Waals surface area contributed by atoms with E-state index in [-0.39, 0.29) is 0 Å². The van der Waals surface area contributed by atoms with E-state index in [1.54, 1.807) is 0 Å². The number of nitrogens with one attached hydrogen (secondary N) is 1. The van der Waals surface area contributed by atoms with Gasteiger partial charge < -0.3 is 5.32 Å². The minimum Gasteiger partial charge on any atom is -0.315 e. The Morgan fingerprint density at radius 2 is 2.21 bits per heavy atom. The van der Waals surface area contributed by atoms with E-state index in [0.29, 0.717) is 6.04 Å². The van der Waals surface area contributed by atoms with Gasteiger partial charge in [-0.05, 0) is 55.7 Å². The zero-order valence-electron chi connectivity index (χ0n) is 12.2. The molecule has 1 atom stereocenters. The van der Waals surface area contributed by atoms with Gasteiger partial charge >= 0.3 is 0 Å². The van der Waals surface area contributed by atoms with Crippen LogP contribution < -0.4 is 5.32 Å². The number of aromatic nitrogens is 2. The van der Waals surface area contributed by atoms with E-state index in [4.69, 9.17) is 0 Å². The lowest BCUT2D eigenvalue weighted by Crippen LogP contribution is -2.38. The monoisotopic (exact) mass is 328 g/mol. The first-order valence-corrected chi connectivity index (χ1v) is 8.13. The Morgan fingerprint density at radius 3 is 2.89 bits per heavy atom. The van der Waals surface area contributed by atoms with Gasteiger partial charge in [0.25, 0.3) is 0 Å². The zero-order valence-corrected chi connectivity index (χ0v) is 13.8. The van der Waals surface area contributed by atoms with Gasteiger partial charge in [-0.3, -0.25) is 9.58 Å². The third-order valence-electron chi connectivity index (χ3n) is 3.93. The summed E-state index contributed by atoms with van der Waals surface area (Å²) in [6.45, 7) is 11.7. The molecule has 0 radical (unpaired) electrons. The van der Waals surface area contributed by atoms with Crippen molar-refractivity contribution in [3.63, 3.8) is 0 Å². The third-order valence-corrected chi connectivity index (χ3v) is 4.97. The van der Waals surface area contributed by atoms with Crippen molar-refractivity contribution < 1.29 is 0 Å². The summed E-state index contributed by atoms with van der Waals surface area (Å²) in [5.74, 6) is 0. The Hall–Kier alpha value is -0.390. The van der Waals surface area contributed by atoms with Crippen LogP contribution in [-0.2, 0) is 13.1 Å². The Kier molecular flexibility index (Phi) is 5.42. The molecule has 1 unspecified atom stereocenters. The number of halogens is 1. The Balaban J connectivity index is 2.07. The summed E-state index contributed by atoms with van der Waals surface area (Å²) >= 11 is 3.70. The number of rotatable bonds is 6. The highest BCUT2D eigenvalue weighted by Gasteiger charge is 2.26. The van der Waals surface area contributed by atoms with Crippen molar-refractivity contribution >= 4 is 15.9 Å². The fourth-order valence-electron chi connectivity index (χ4n) is 2.86. The highest BCUT2D eigenvalue weighted by molar-refractivity contribution is 9.10. The van der Waals surface area contributed by atoms with Crippen LogP contribution in [0.25, 0.3) is 0 Å². The molecule has 19 heavy (non-hydrogen) atoms. The lowest BCUT2D eigenvalue weighted by atomic mass is 10.2. The number of nitrogens with zero attached hydrogens (tertiary/aromatic N) is 3. The number of hydrogen-bond donors (Lipinski definition) is 1. The van der Waals surface area contributed by atoms with Crippen LogP contribution >= 0.6 is 15.9 Å². The lowest BCUT2D eigenvalue weighted by Gasteiger charge is -2.25. The van der Waals surface area contributed by atoms with Crippen LogP contribution in [0.3, 0.4) is 0 Å². The largest absolute Gasteiger partial charge is 0.315 e. The van der Waals surface area contributed by atoms with Crippen LogP contribution in [0.2, 0.25) is 0 Å². The predicted molar refractivity (Wildman–Crippen MR) is 82.3 cm³/mol. The van der Waals surface area contributed by atoms with Crippen molar-refractivity contribution in [3.05, 3.63) is 15.9 Å². The smallest absolute Gasteiger partial charge is 0.0739 e. The van der Waals surface area contributed by atoms with Gasteiger partial charge in [-0.2, -0.15) is 5.10 Å². The molecule has 4 nitrogen and oxygen atoms in total. The van der Waals surface area contributed by atoms with Gasteiger partial charge in [-0.25, -0.2) is 0 Å². The minimum atomic E-state index is 0.673. The van der Waals surface area contributed by atoms with Crippen molar-refractivity contribution in [1.29, 1.82) is 0 Å². The van der Waals surface area contributed by atoms with E-state index in [9.17, 15) is 0 Å². The molecule has 0 aliphatic carbocycles. The van der Waals surface area contributed by atoms with E-state index >= 15 is 0 Å². The average molecular weight is 329 g/mol. The second-order valence-corrected chi connectivity index (χ2v) is 6.03. The topological polar surface area (TPSA) is 33.1 Å². The zero-order chi connectivity index (χ0) is 13.8. The van der Waals surface area contributed by atoms with E-state index in [1.807, 2.05) is 0 Å². The normalized spacial score (nSPS) is 20.3. The maximum Gasteiger partial charge on any atom is 0.0739 e. The van der Waals surface area contributed by atoms with Crippen LogP contribution in [0.4, 0.5) is 0 Å². The summed E-state index contributed by atoms with van der Waals surface area (Å²) in [5.41, 5.74) is 2.42. The molecular formula is C14H25BrN4. The molecule has 108 valence electrons. The molecule has 0 aromatic carbocycles. The lowest BCUT2D eigenvalue weighted by molar-refractivity contribution is 0.233. The Labute approximate surface area is 124 Å². The van der Waals surface area contributed by atoms with Crippen LogP contribution in [0.15, 0.2) is 4.47 Å². The molecular weight excluding hydrogens is 304 g/mol. The quantitative estimate of drug-likeness (QED) is 0.871. The summed E-state index contributed by atoms with van der Waals surface area (Å²) < 4.78 is 3.31. The summed E-state index contributed by atoms with van der Waals surface area (Å²) in [6.07, 6.45) is 2.62. The molecule has 1 aromatic heterocycles. The molecule has 1 aliphatic rings. The summed E-state index contributed by atoms with van der Waals surface area (Å²) in [6, 6.07) is 0.673. The van der Waals surface area contributed by atoms with Crippen molar-refractivity contribution in [2.24, 2.45) is 0 Å². The maximum absolute atomic E-state index is 4.59. The van der Waals surface area contributed by atoms with Crippen molar-refractivity contribution in [1.82, 2.24) is 20.0 Å². The highest BCUT2D eigenvalue weighted by atomic mass is 79.9. The minimum absolute atomic E-state index is 0.673. The van der Waals surface area contributed by atoms with Crippen LogP contribution in [0.1, 0.15) is 38.1 Å². The molecule has 1 aromatic rings. The molecule has 1 saturated heterocycles. The van der Waals surface area contributed by atoms with Crippen molar-refractivity contribution in [2.45, 2.75) is 52.7 Å². The van der Waals surface area contributed by atoms with Gasteiger partial charge in [0, 0.05) is 25.7 Å². The molecule has 0 saturated carbocycles. The Bertz CT molecular complexity index is 416. The van der Waals surface area contributed by atoms with Gasteiger partial charge in [-0.15, -0.1) is 0 Å². The van der Waals surface area contributed by atoms with Gasteiger partial charge in [-0.1, -0.05) is 6.92 Å². The van der Waals surface area contributed by atoms with E-state index in [1.165, 1.54) is 29.6 Å². The maximum atomic E-state index is 4.59. The van der Waals surface area contributed by atoms with Crippen LogP contribution in [0.5, 0.6) is 0 Å². The molecule has 1 N–H and O–H groups in total. The summed E-state index contributed by atoms with van der Waals surface area (Å²) in [4.78, 5) is 2.59. The van der Waals surface area contributed by atoms with Crippen LogP contribution in [-0.4, -0.2) is 40.4 Å². The summed E-state index contributed by atoms with van der Waals surface area (Å²) in [7, 11) is 0. The second-order valence-electron chi connectivity index (χ2n) is 5.24. The molecule has 0 amide bonds. The molecule has 5 heteroatoms. The number of aryl methyl sites for hydroxylation is 2. The highest BCUT2D eigenvalue weighted by Crippen LogP contribution is 2.26. The van der Waals surface area contributed by atoms with Gasteiger partial charge in [0.1, 0.15) is 0 Å². The molecule has 1 aliphatic heterocycles. The van der Waals surface area contributed by atoms with Crippen LogP contribution in [0, 0.1) is 6.92 Å². The van der Waals surface area contributed by atoms with E-state index < -0.39 is 0 Å². The van der Waals surface area contributed by atoms with Crippen molar-refractivity contribution in [2.75, 3.05) is 19.6 Å². The first-order chi connectivity index (χ1) is 9.17. The van der Waals surface area contributed by atoms with Gasteiger partial charge in [0.05, 0.1) is 15.9 Å². The molecule has 0 bridgehead atoms. The Morgan fingerprint density at radius 1 is 1.42 bits per heavy atom. The number of likely N-dealkylation sites (N-methyl/N-ethyl adjacent to an activating group) is 1. The first-order valence-electron chi connectivity index (χ1n) is 7.33. The van der Waals surface area contributed by atoms with E-state index in [2.05, 4.69) is 56.7 Å². The second kappa shape index (κ2) is 6.86. The first kappa shape index (κ1) is 15.0. The predicted octanol–water partition coefficient (Wildman–Crippen LogP) is 2.55. The number of likely N-dealkylation sites (tertiary alicyclic amines) is 1.